The Balaban J connectivity index is 5.07. The Hall–Kier alpha value is 0.430. The van der Waals surface area contributed by atoms with Crippen molar-refractivity contribution < 1.29 is 0 Å². The number of hydrogen-bond acceptors (Lipinski definition) is 0. The predicted molar refractivity (Wildman–Crippen MR) is 143 cm³/mol. The Morgan fingerprint density at radius 1 is 0.276 bits per heavy atom. The van der Waals surface area contributed by atoms with Gasteiger partial charge in [0.2, 0.25) is 0 Å². The summed E-state index contributed by atoms with van der Waals surface area (Å²) in [6.45, 7) is 10.4. The molecule has 0 aliphatic heterocycles. The monoisotopic (exact) mass is 428 g/mol. The summed E-state index contributed by atoms with van der Waals surface area (Å²) in [5.41, 5.74) is 0. The van der Waals surface area contributed by atoms with E-state index in [9.17, 15) is 0 Å². The molecule has 29 heavy (non-hydrogen) atoms. The quantitative estimate of drug-likeness (QED) is 0.112. The maximum absolute atomic E-state index is 2.43. The molecular formula is C28H61P. The first-order valence-corrected chi connectivity index (χ1v) is 17.3. The van der Waals surface area contributed by atoms with Crippen LogP contribution < -0.4 is 0 Å². The molecule has 0 rings (SSSR count). The Morgan fingerprint density at radius 3 is 0.862 bits per heavy atom. The summed E-state index contributed by atoms with van der Waals surface area (Å²) in [5, 5.41) is 0. The van der Waals surface area contributed by atoms with Gasteiger partial charge in [0.15, 0.2) is 0 Å². The molecule has 0 bridgehead atoms. The first-order valence-electron chi connectivity index (χ1n) is 14.1. The molecule has 0 aliphatic carbocycles. The average Bonchev–Trinajstić information content (AvgIpc) is 2.75. The predicted octanol–water partition coefficient (Wildman–Crippen LogP) is 10.7. The molecule has 0 aromatic rings. The fraction of sp³-hybridized carbons (Fsp3) is 1.00. The van der Waals surface area contributed by atoms with Gasteiger partial charge in [-0.3, -0.25) is 0 Å². The number of rotatable bonds is 23. The van der Waals surface area contributed by atoms with E-state index in [2.05, 4.69) is 34.6 Å². The van der Waals surface area contributed by atoms with Crippen LogP contribution in [0.2, 0.25) is 0 Å². The van der Waals surface area contributed by atoms with Crippen LogP contribution in [0.15, 0.2) is 0 Å². The van der Waals surface area contributed by atoms with E-state index in [1.165, 1.54) is 103 Å². The molecule has 0 saturated carbocycles. The third-order valence-corrected chi connectivity index (χ3v) is 15.6. The molecular weight excluding hydrogens is 367 g/mol. The fourth-order valence-corrected chi connectivity index (χ4v) is 13.7. The van der Waals surface area contributed by atoms with Crippen LogP contribution in [-0.4, -0.2) is 30.8 Å². The van der Waals surface area contributed by atoms with E-state index in [1.807, 2.05) is 0 Å². The van der Waals surface area contributed by atoms with Gasteiger partial charge in [-0.25, -0.2) is 0 Å². The summed E-state index contributed by atoms with van der Waals surface area (Å²) >= 11 is 0. The Morgan fingerprint density at radius 2 is 0.517 bits per heavy atom. The number of hydrogen-bond donors (Lipinski definition) is 0. The van der Waals surface area contributed by atoms with Crippen molar-refractivity contribution in [2.45, 2.75) is 150 Å². The van der Waals surface area contributed by atoms with Gasteiger partial charge in [-0.05, 0) is 0 Å². The summed E-state index contributed by atoms with van der Waals surface area (Å²) in [7, 11) is 0. The van der Waals surface area contributed by atoms with E-state index in [0.717, 1.165) is 0 Å². The van der Waals surface area contributed by atoms with Crippen molar-refractivity contribution in [2.24, 2.45) is 0 Å². The van der Waals surface area contributed by atoms with E-state index in [-0.39, 0.29) is 0 Å². The summed E-state index contributed by atoms with van der Waals surface area (Å²) in [5.74, 6) is 0. The van der Waals surface area contributed by atoms with Gasteiger partial charge in [0.1, 0.15) is 0 Å². The van der Waals surface area contributed by atoms with E-state index in [0.29, 0.717) is 0 Å². The topological polar surface area (TPSA) is 0 Å². The van der Waals surface area contributed by atoms with Crippen LogP contribution in [0.4, 0.5) is 0 Å². The summed E-state index contributed by atoms with van der Waals surface area (Å²) in [6.07, 6.45) is 34.7. The summed E-state index contributed by atoms with van der Waals surface area (Å²) in [4.78, 5) is 0. The second kappa shape index (κ2) is 19.1. The Bertz CT molecular complexity index is 311. The first kappa shape index (κ1) is 29.4. The van der Waals surface area contributed by atoms with Crippen LogP contribution in [-0.2, 0) is 0 Å². The molecule has 0 aliphatic rings. The van der Waals surface area contributed by atoms with Crippen molar-refractivity contribution in [3.8, 4) is 0 Å². The maximum atomic E-state index is 2.43. The molecule has 0 nitrogen and oxygen atoms in total. The zero-order chi connectivity index (χ0) is 21.7. The molecule has 0 fully saturated rings. The molecule has 0 aromatic heterocycles. The van der Waals surface area contributed by atoms with Crippen LogP contribution in [0, 0.1) is 0 Å². The average molecular weight is 429 g/mol. The van der Waals surface area contributed by atoms with E-state index >= 15 is 0 Å². The molecule has 0 N–H and O–H groups in total. The molecule has 1 heteroatoms. The normalized spacial score (nSPS) is 13.5. The van der Waals surface area contributed by atoms with Gasteiger partial charge >= 0.3 is 188 Å². The van der Waals surface area contributed by atoms with E-state index in [4.69, 9.17) is 0 Å². The third-order valence-electron chi connectivity index (χ3n) is 7.72. The van der Waals surface area contributed by atoms with Crippen molar-refractivity contribution in [2.75, 3.05) is 30.8 Å². The molecule has 0 unspecified atom stereocenters. The van der Waals surface area contributed by atoms with E-state index in [1.54, 1.807) is 43.7 Å². The van der Waals surface area contributed by atoms with Gasteiger partial charge < -0.3 is 0 Å². The summed E-state index contributed by atoms with van der Waals surface area (Å²) in [6, 6.07) is 0. The molecule has 0 atom stereocenters. The van der Waals surface area contributed by atoms with Gasteiger partial charge in [-0.1, -0.05) is 0 Å². The van der Waals surface area contributed by atoms with Crippen molar-refractivity contribution in [3.63, 3.8) is 0 Å². The minimum atomic E-state index is -1.54. The van der Waals surface area contributed by atoms with Gasteiger partial charge in [0, 0.05) is 0 Å². The standard InChI is InChI=1S/C28H61P/c1-6-11-16-18-19-20-21-23-28-29(24-13-8-3,25-14-9-4,26-15-10-5)27-22-17-12-7-2/h6-28H2,1-5H3. The van der Waals surface area contributed by atoms with Gasteiger partial charge in [0.25, 0.3) is 0 Å². The second-order valence-electron chi connectivity index (χ2n) is 10.5. The third kappa shape index (κ3) is 13.4. The fourth-order valence-electron chi connectivity index (χ4n) is 5.61. The molecule has 0 heterocycles. The summed E-state index contributed by atoms with van der Waals surface area (Å²) < 4.78 is 0. The van der Waals surface area contributed by atoms with Crippen LogP contribution in [0.5, 0.6) is 0 Å². The molecule has 0 saturated heterocycles. The molecule has 0 radical (unpaired) electrons. The molecule has 0 spiro atoms. The zero-order valence-corrected chi connectivity index (χ0v) is 22.6. The SMILES string of the molecule is CCCCCCCCCCP(CCCC)(CCCC)(CCCC)CCCCCC. The minimum absolute atomic E-state index is 1.37. The van der Waals surface area contributed by atoms with E-state index < -0.39 is 6.60 Å². The number of unbranched alkanes of at least 4 members (excludes halogenated alkanes) is 13. The zero-order valence-electron chi connectivity index (χ0n) is 21.7. The van der Waals surface area contributed by atoms with Crippen molar-refractivity contribution >= 4 is 6.60 Å². The molecule has 0 aromatic carbocycles. The van der Waals surface area contributed by atoms with Crippen LogP contribution in [0.25, 0.3) is 0 Å². The van der Waals surface area contributed by atoms with Crippen LogP contribution >= 0.6 is 6.60 Å². The first-order chi connectivity index (χ1) is 14.1. The van der Waals surface area contributed by atoms with Gasteiger partial charge in [-0.2, -0.15) is 0 Å². The van der Waals surface area contributed by atoms with Gasteiger partial charge in [0.05, 0.1) is 0 Å². The van der Waals surface area contributed by atoms with Gasteiger partial charge in [-0.15, -0.1) is 0 Å². The Labute approximate surface area is 187 Å². The van der Waals surface area contributed by atoms with Crippen molar-refractivity contribution in [1.29, 1.82) is 0 Å². The molecule has 178 valence electrons. The van der Waals surface area contributed by atoms with Crippen LogP contribution in [0.1, 0.15) is 150 Å². The Kier molecular flexibility index (Phi) is 19.4. The van der Waals surface area contributed by atoms with Crippen molar-refractivity contribution in [1.82, 2.24) is 0 Å². The van der Waals surface area contributed by atoms with Crippen LogP contribution in [0.3, 0.4) is 0 Å². The van der Waals surface area contributed by atoms with Crippen molar-refractivity contribution in [3.05, 3.63) is 0 Å². The second-order valence-corrected chi connectivity index (χ2v) is 17.2. The molecule has 0 amide bonds.